The van der Waals surface area contributed by atoms with Gasteiger partial charge in [0.2, 0.25) is 5.95 Å². The Kier molecular flexibility index (Phi) is 5.35. The number of hydrogen-bond acceptors (Lipinski definition) is 1. The summed E-state index contributed by atoms with van der Waals surface area (Å²) in [4.78, 5) is 3.59. The van der Waals surface area contributed by atoms with Gasteiger partial charge in [0.05, 0.1) is 0 Å². The van der Waals surface area contributed by atoms with Gasteiger partial charge in [-0.05, 0) is 55.2 Å². The lowest BCUT2D eigenvalue weighted by Gasteiger charge is -2.33. The Balaban J connectivity index is 1.62. The van der Waals surface area contributed by atoms with Crippen molar-refractivity contribution in [2.24, 2.45) is 5.41 Å². The summed E-state index contributed by atoms with van der Waals surface area (Å²) in [5.41, 5.74) is 1.69. The van der Waals surface area contributed by atoms with Gasteiger partial charge in [-0.2, -0.15) is 4.39 Å². The normalized spacial score (nSPS) is 18.4. The fourth-order valence-electron chi connectivity index (χ4n) is 3.31. The number of aromatic nitrogens is 1. The second-order valence-corrected chi connectivity index (χ2v) is 6.42. The second kappa shape index (κ2) is 7.02. The molecule has 1 heterocycles. The van der Waals surface area contributed by atoms with E-state index in [1.54, 1.807) is 12.3 Å². The molecule has 0 N–H and O–H groups in total. The van der Waals surface area contributed by atoms with Gasteiger partial charge in [0, 0.05) is 6.20 Å². The Labute approximate surface area is 116 Å². The third kappa shape index (κ3) is 4.93. The predicted molar refractivity (Wildman–Crippen MR) is 77.6 cm³/mol. The van der Waals surface area contributed by atoms with Crippen LogP contribution < -0.4 is 0 Å². The number of nitrogens with zero attached hydrogens (tertiary/aromatic N) is 1. The minimum atomic E-state index is -0.354. The molecule has 1 aromatic rings. The lowest BCUT2D eigenvalue weighted by atomic mass is 9.72. The van der Waals surface area contributed by atoms with Crippen molar-refractivity contribution in [2.45, 2.75) is 71.1 Å². The van der Waals surface area contributed by atoms with Crippen LogP contribution in [0.4, 0.5) is 4.39 Å². The largest absolute Gasteiger partial charge is 0.228 e. The summed E-state index contributed by atoms with van der Waals surface area (Å²) in [5.74, 6) is -0.354. The van der Waals surface area contributed by atoms with E-state index in [-0.39, 0.29) is 5.95 Å². The Hall–Kier alpha value is -0.920. The van der Waals surface area contributed by atoms with Gasteiger partial charge in [0.25, 0.3) is 0 Å². The predicted octanol–water partition coefficient (Wildman–Crippen LogP) is 5.29. The van der Waals surface area contributed by atoms with Crippen LogP contribution in [0, 0.1) is 11.4 Å². The average molecular weight is 263 g/mol. The molecule has 0 bridgehead atoms. The van der Waals surface area contributed by atoms with Crippen molar-refractivity contribution in [1.82, 2.24) is 4.98 Å². The molecule has 0 unspecified atom stereocenters. The summed E-state index contributed by atoms with van der Waals surface area (Å²) in [6, 6.07) is 3.48. The third-order valence-corrected chi connectivity index (χ3v) is 4.60. The molecule has 106 valence electrons. The van der Waals surface area contributed by atoms with E-state index in [0.29, 0.717) is 5.41 Å². The molecule has 1 aliphatic rings. The van der Waals surface area contributed by atoms with Gasteiger partial charge < -0.3 is 0 Å². The van der Waals surface area contributed by atoms with Gasteiger partial charge in [-0.3, -0.25) is 0 Å². The van der Waals surface area contributed by atoms with Gasteiger partial charge in [-0.25, -0.2) is 4.98 Å². The van der Waals surface area contributed by atoms with Gasteiger partial charge in [-0.1, -0.05) is 39.0 Å². The maximum absolute atomic E-state index is 12.9. The van der Waals surface area contributed by atoms with Crippen LogP contribution in [-0.2, 0) is 6.42 Å². The van der Waals surface area contributed by atoms with Crippen molar-refractivity contribution in [2.75, 3.05) is 0 Å². The van der Waals surface area contributed by atoms with E-state index in [1.165, 1.54) is 57.8 Å². The van der Waals surface area contributed by atoms with Crippen molar-refractivity contribution < 1.29 is 4.39 Å². The number of rotatable bonds is 6. The smallest absolute Gasteiger partial charge is 0.213 e. The Morgan fingerprint density at radius 1 is 1.16 bits per heavy atom. The number of aryl methyl sites for hydroxylation is 1. The SMILES string of the molecule is CC1(CCCCCc2ccnc(F)c2)CCCCC1. The van der Waals surface area contributed by atoms with Crippen molar-refractivity contribution in [3.63, 3.8) is 0 Å². The molecule has 0 aliphatic heterocycles. The zero-order valence-electron chi connectivity index (χ0n) is 12.1. The van der Waals surface area contributed by atoms with Crippen molar-refractivity contribution in [1.29, 1.82) is 0 Å². The first-order valence-corrected chi connectivity index (χ1v) is 7.78. The standard InChI is InChI=1S/C17H26FN/c1-17(11-6-3-7-12-17)10-5-2-4-8-15-9-13-19-16(18)14-15/h9,13-14H,2-8,10-12H2,1H3. The molecule has 0 aromatic carbocycles. The minimum Gasteiger partial charge on any atom is -0.228 e. The van der Waals surface area contributed by atoms with Crippen LogP contribution in [0.3, 0.4) is 0 Å². The molecule has 0 radical (unpaired) electrons. The molecule has 1 aromatic heterocycles. The fourth-order valence-corrected chi connectivity index (χ4v) is 3.31. The van der Waals surface area contributed by atoms with Crippen molar-refractivity contribution in [3.8, 4) is 0 Å². The average Bonchev–Trinajstić information content (AvgIpc) is 2.39. The topological polar surface area (TPSA) is 12.9 Å². The van der Waals surface area contributed by atoms with E-state index in [9.17, 15) is 4.39 Å². The third-order valence-electron chi connectivity index (χ3n) is 4.60. The molecule has 0 atom stereocenters. The molecule has 2 heteroatoms. The van der Waals surface area contributed by atoms with Gasteiger partial charge in [0.1, 0.15) is 0 Å². The monoisotopic (exact) mass is 263 g/mol. The van der Waals surface area contributed by atoms with E-state index in [4.69, 9.17) is 0 Å². The van der Waals surface area contributed by atoms with Crippen LogP contribution in [-0.4, -0.2) is 4.98 Å². The summed E-state index contributed by atoms with van der Waals surface area (Å²) in [6.45, 7) is 2.46. The van der Waals surface area contributed by atoms with E-state index < -0.39 is 0 Å². The van der Waals surface area contributed by atoms with Crippen LogP contribution >= 0.6 is 0 Å². The first-order valence-electron chi connectivity index (χ1n) is 7.78. The quantitative estimate of drug-likeness (QED) is 0.501. The molecular weight excluding hydrogens is 237 g/mol. The minimum absolute atomic E-state index is 0.354. The molecule has 1 aliphatic carbocycles. The first kappa shape index (κ1) is 14.5. The van der Waals surface area contributed by atoms with Crippen molar-refractivity contribution in [3.05, 3.63) is 29.8 Å². The lowest BCUT2D eigenvalue weighted by molar-refractivity contribution is 0.192. The summed E-state index contributed by atoms with van der Waals surface area (Å²) < 4.78 is 12.9. The maximum Gasteiger partial charge on any atom is 0.213 e. The highest BCUT2D eigenvalue weighted by molar-refractivity contribution is 5.10. The summed E-state index contributed by atoms with van der Waals surface area (Å²) in [6.07, 6.45) is 14.8. The first-order chi connectivity index (χ1) is 9.18. The highest BCUT2D eigenvalue weighted by Crippen LogP contribution is 2.39. The number of pyridine rings is 1. The van der Waals surface area contributed by atoms with E-state index in [0.717, 1.165) is 12.0 Å². The highest BCUT2D eigenvalue weighted by atomic mass is 19.1. The fraction of sp³-hybridized carbons (Fsp3) is 0.706. The van der Waals surface area contributed by atoms with Crippen LogP contribution in [0.15, 0.2) is 18.3 Å². The highest BCUT2D eigenvalue weighted by Gasteiger charge is 2.25. The summed E-state index contributed by atoms with van der Waals surface area (Å²) >= 11 is 0. The number of hydrogen-bond donors (Lipinski definition) is 0. The van der Waals surface area contributed by atoms with Crippen LogP contribution in [0.1, 0.15) is 70.3 Å². The molecule has 0 spiro atoms. The Morgan fingerprint density at radius 3 is 2.68 bits per heavy atom. The molecule has 0 saturated heterocycles. The molecule has 1 fully saturated rings. The molecule has 1 nitrogen and oxygen atoms in total. The lowest BCUT2D eigenvalue weighted by Crippen LogP contribution is -2.19. The van der Waals surface area contributed by atoms with Gasteiger partial charge in [0.15, 0.2) is 0 Å². The summed E-state index contributed by atoms with van der Waals surface area (Å²) in [5, 5.41) is 0. The van der Waals surface area contributed by atoms with Crippen LogP contribution in [0.2, 0.25) is 0 Å². The van der Waals surface area contributed by atoms with Gasteiger partial charge in [-0.15, -0.1) is 0 Å². The number of unbranched alkanes of at least 4 members (excludes halogenated alkanes) is 2. The van der Waals surface area contributed by atoms with E-state index in [1.807, 2.05) is 6.07 Å². The summed E-state index contributed by atoms with van der Waals surface area (Å²) in [7, 11) is 0. The molecule has 1 saturated carbocycles. The Bertz CT molecular complexity index is 383. The zero-order valence-corrected chi connectivity index (χ0v) is 12.1. The number of halogens is 1. The van der Waals surface area contributed by atoms with Crippen molar-refractivity contribution >= 4 is 0 Å². The van der Waals surface area contributed by atoms with E-state index in [2.05, 4.69) is 11.9 Å². The Morgan fingerprint density at radius 2 is 1.95 bits per heavy atom. The van der Waals surface area contributed by atoms with Crippen LogP contribution in [0.5, 0.6) is 0 Å². The van der Waals surface area contributed by atoms with E-state index >= 15 is 0 Å². The maximum atomic E-state index is 12.9. The van der Waals surface area contributed by atoms with Gasteiger partial charge >= 0.3 is 0 Å². The molecule has 19 heavy (non-hydrogen) atoms. The molecule has 0 amide bonds. The zero-order chi connectivity index (χ0) is 13.6. The molecular formula is C17H26FN. The van der Waals surface area contributed by atoms with Crippen LogP contribution in [0.25, 0.3) is 0 Å². The molecule has 2 rings (SSSR count). The second-order valence-electron chi connectivity index (χ2n) is 6.42.